The predicted molar refractivity (Wildman–Crippen MR) is 88.1 cm³/mol. The third-order valence-corrected chi connectivity index (χ3v) is 4.06. The molecule has 0 fully saturated rings. The van der Waals surface area contributed by atoms with E-state index in [-0.39, 0.29) is 6.54 Å². The van der Waals surface area contributed by atoms with Crippen LogP contribution in [0.25, 0.3) is 22.1 Å². The maximum absolute atomic E-state index is 13.4. The van der Waals surface area contributed by atoms with Crippen molar-refractivity contribution in [2.75, 3.05) is 0 Å². The Morgan fingerprint density at radius 3 is 2.12 bits per heavy atom. The average molecular weight is 342 g/mol. The first-order valence-electron chi connectivity index (χ1n) is 7.68. The quantitative estimate of drug-likeness (QED) is 0.544. The van der Waals surface area contributed by atoms with Crippen LogP contribution in [-0.4, -0.2) is 19.5 Å². The summed E-state index contributed by atoms with van der Waals surface area (Å²) in [6, 6.07) is 13.8. The second-order valence-corrected chi connectivity index (χ2v) is 5.75. The molecule has 0 aliphatic heterocycles. The van der Waals surface area contributed by atoms with Crippen LogP contribution >= 0.6 is 0 Å². The van der Waals surface area contributed by atoms with E-state index in [0.717, 1.165) is 10.1 Å². The van der Waals surface area contributed by atoms with Crippen LogP contribution in [0.5, 0.6) is 0 Å². The van der Waals surface area contributed by atoms with Crippen LogP contribution in [-0.2, 0) is 12.7 Å². The summed E-state index contributed by atoms with van der Waals surface area (Å²) in [7, 11) is 0. The van der Waals surface area contributed by atoms with Gasteiger partial charge >= 0.3 is 6.18 Å². The number of para-hydroxylation sites is 4. The van der Waals surface area contributed by atoms with Crippen molar-refractivity contribution in [2.24, 2.45) is 0 Å². The molecule has 25 heavy (non-hydrogen) atoms. The summed E-state index contributed by atoms with van der Waals surface area (Å²) < 4.78 is 41.4. The highest BCUT2D eigenvalue weighted by molar-refractivity contribution is 5.76. The lowest BCUT2D eigenvalue weighted by Crippen LogP contribution is -2.17. The van der Waals surface area contributed by atoms with Crippen LogP contribution < -0.4 is 0 Å². The Labute approximate surface area is 141 Å². The molecule has 0 atom stereocenters. The van der Waals surface area contributed by atoms with Crippen LogP contribution in [0.4, 0.5) is 13.2 Å². The summed E-state index contributed by atoms with van der Waals surface area (Å²) in [6.07, 6.45) is -4.54. The number of hydrogen-bond donors (Lipinski definition) is 0. The van der Waals surface area contributed by atoms with E-state index < -0.39 is 12.0 Å². The molecule has 0 spiro atoms. The zero-order valence-electron chi connectivity index (χ0n) is 13.2. The van der Waals surface area contributed by atoms with Gasteiger partial charge in [-0.1, -0.05) is 24.3 Å². The molecule has 4 aromatic rings. The first-order chi connectivity index (χ1) is 11.9. The van der Waals surface area contributed by atoms with Crippen LogP contribution in [0.2, 0.25) is 0 Å². The highest BCUT2D eigenvalue weighted by atomic mass is 19.4. The van der Waals surface area contributed by atoms with Gasteiger partial charge in [0, 0.05) is 0 Å². The summed E-state index contributed by atoms with van der Waals surface area (Å²) in [5.74, 6) is -0.928. The van der Waals surface area contributed by atoms with Gasteiger partial charge in [-0.3, -0.25) is 0 Å². The molecule has 0 unspecified atom stereocenters. The van der Waals surface area contributed by atoms with Crippen molar-refractivity contribution in [3.05, 3.63) is 65.7 Å². The molecule has 0 amide bonds. The van der Waals surface area contributed by atoms with Crippen LogP contribution in [0.1, 0.15) is 17.2 Å². The molecule has 4 rings (SSSR count). The van der Waals surface area contributed by atoms with E-state index in [0.29, 0.717) is 27.9 Å². The van der Waals surface area contributed by atoms with Gasteiger partial charge in [0.2, 0.25) is 5.82 Å². The van der Waals surface area contributed by atoms with Crippen LogP contribution in [0, 0.1) is 6.92 Å². The van der Waals surface area contributed by atoms with Crippen molar-refractivity contribution in [1.82, 2.24) is 19.5 Å². The largest absolute Gasteiger partial charge is 0.449 e. The van der Waals surface area contributed by atoms with Gasteiger partial charge in [0.1, 0.15) is 0 Å². The molecular weight excluding hydrogens is 329 g/mol. The highest BCUT2D eigenvalue weighted by Gasteiger charge is 2.37. The Balaban J connectivity index is 1.90. The first-order valence-corrected chi connectivity index (χ1v) is 7.68. The van der Waals surface area contributed by atoms with E-state index in [4.69, 9.17) is 0 Å². The average Bonchev–Trinajstić information content (AvgIpc) is 2.95. The fraction of sp³-hybridized carbons (Fsp3) is 0.167. The van der Waals surface area contributed by atoms with E-state index in [1.54, 1.807) is 37.3 Å². The first kappa shape index (κ1) is 15.6. The molecule has 0 aliphatic carbocycles. The number of alkyl halides is 3. The lowest BCUT2D eigenvalue weighted by Gasteiger charge is -2.13. The van der Waals surface area contributed by atoms with Crippen LogP contribution in [0.3, 0.4) is 0 Å². The predicted octanol–water partition coefficient (Wildman–Crippen LogP) is 4.36. The number of fused-ring (bicyclic) bond motifs is 2. The van der Waals surface area contributed by atoms with Crippen molar-refractivity contribution in [1.29, 1.82) is 0 Å². The summed E-state index contributed by atoms with van der Waals surface area (Å²) >= 11 is 0. The Bertz CT molecular complexity index is 1080. The minimum absolute atomic E-state index is 0.0426. The zero-order valence-corrected chi connectivity index (χ0v) is 13.2. The number of imidazole rings is 1. The van der Waals surface area contributed by atoms with E-state index in [2.05, 4.69) is 15.0 Å². The molecule has 126 valence electrons. The number of nitrogens with zero attached hydrogens (tertiary/aromatic N) is 4. The fourth-order valence-electron chi connectivity index (χ4n) is 2.88. The summed E-state index contributed by atoms with van der Waals surface area (Å²) in [5.41, 5.74) is 3.19. The molecule has 0 N–H and O–H groups in total. The van der Waals surface area contributed by atoms with Gasteiger partial charge in [0.15, 0.2) is 0 Å². The van der Waals surface area contributed by atoms with Gasteiger partial charge < -0.3 is 4.57 Å². The van der Waals surface area contributed by atoms with Gasteiger partial charge in [0.25, 0.3) is 0 Å². The molecule has 0 aliphatic rings. The second-order valence-electron chi connectivity index (χ2n) is 5.75. The molecule has 0 radical (unpaired) electrons. The minimum Gasteiger partial charge on any atom is -0.314 e. The third-order valence-electron chi connectivity index (χ3n) is 4.06. The van der Waals surface area contributed by atoms with Gasteiger partial charge in [-0.05, 0) is 31.2 Å². The van der Waals surface area contributed by atoms with Crippen LogP contribution in [0.15, 0.2) is 48.5 Å². The molecule has 0 saturated heterocycles. The number of hydrogen-bond acceptors (Lipinski definition) is 3. The number of rotatable bonds is 2. The van der Waals surface area contributed by atoms with Gasteiger partial charge in [-0.15, -0.1) is 0 Å². The monoisotopic (exact) mass is 342 g/mol. The SMILES string of the molecule is Cc1nc2ccccc2nc1Cn1c(C(F)(F)F)nc2ccccc21. The van der Waals surface area contributed by atoms with Crippen molar-refractivity contribution in [2.45, 2.75) is 19.6 Å². The normalized spacial score (nSPS) is 12.2. The lowest BCUT2D eigenvalue weighted by molar-refractivity contribution is -0.146. The molecule has 2 aromatic carbocycles. The molecule has 4 nitrogen and oxygen atoms in total. The maximum atomic E-state index is 13.4. The summed E-state index contributed by atoms with van der Waals surface area (Å²) in [5, 5.41) is 0. The molecule has 7 heteroatoms. The van der Waals surface area contributed by atoms with Gasteiger partial charge in [-0.2, -0.15) is 13.2 Å². The van der Waals surface area contributed by atoms with Crippen molar-refractivity contribution < 1.29 is 13.2 Å². The maximum Gasteiger partial charge on any atom is 0.449 e. The van der Waals surface area contributed by atoms with E-state index in [1.807, 2.05) is 18.2 Å². The Morgan fingerprint density at radius 2 is 1.44 bits per heavy atom. The smallest absolute Gasteiger partial charge is 0.314 e. The Hall–Kier alpha value is -2.96. The van der Waals surface area contributed by atoms with Crippen molar-refractivity contribution in [3.63, 3.8) is 0 Å². The second kappa shape index (κ2) is 5.54. The third kappa shape index (κ3) is 2.71. The Morgan fingerprint density at radius 1 is 0.840 bits per heavy atom. The minimum atomic E-state index is -4.54. The molecular formula is C18H13F3N4. The molecule has 2 aromatic heterocycles. The lowest BCUT2D eigenvalue weighted by atomic mass is 10.2. The van der Waals surface area contributed by atoms with Gasteiger partial charge in [-0.25, -0.2) is 15.0 Å². The fourth-order valence-corrected chi connectivity index (χ4v) is 2.88. The van der Waals surface area contributed by atoms with E-state index in [9.17, 15) is 13.2 Å². The highest BCUT2D eigenvalue weighted by Crippen LogP contribution is 2.32. The Kier molecular flexibility index (Phi) is 3.45. The summed E-state index contributed by atoms with van der Waals surface area (Å²) in [4.78, 5) is 12.7. The summed E-state index contributed by atoms with van der Waals surface area (Å²) in [6.45, 7) is 1.71. The topological polar surface area (TPSA) is 43.6 Å². The number of halogens is 3. The standard InChI is InChI=1S/C18H13F3N4/c1-11-15(23-13-7-3-2-6-12(13)22-11)10-25-16-9-5-4-8-14(16)24-17(25)18(19,20)21/h2-9H,10H2,1H3. The van der Waals surface area contributed by atoms with E-state index >= 15 is 0 Å². The van der Waals surface area contributed by atoms with E-state index in [1.165, 1.54) is 0 Å². The van der Waals surface area contributed by atoms with Crippen molar-refractivity contribution >= 4 is 22.1 Å². The number of benzene rings is 2. The number of aromatic nitrogens is 4. The number of aryl methyl sites for hydroxylation is 1. The molecule has 2 heterocycles. The zero-order chi connectivity index (χ0) is 17.6. The molecule has 0 bridgehead atoms. The molecule has 0 saturated carbocycles. The van der Waals surface area contributed by atoms with Gasteiger partial charge in [0.05, 0.1) is 40.0 Å². The van der Waals surface area contributed by atoms with Crippen molar-refractivity contribution in [3.8, 4) is 0 Å².